The zero-order valence-corrected chi connectivity index (χ0v) is 16.8. The Bertz CT molecular complexity index is 867. The lowest BCUT2D eigenvalue weighted by molar-refractivity contribution is -0.117. The van der Waals surface area contributed by atoms with Gasteiger partial charge in [-0.2, -0.15) is 0 Å². The lowest BCUT2D eigenvalue weighted by Gasteiger charge is -2.19. The maximum Gasteiger partial charge on any atom is 0.251 e. The van der Waals surface area contributed by atoms with Crippen LogP contribution in [0.1, 0.15) is 40.5 Å². The molecule has 1 atom stereocenters. The van der Waals surface area contributed by atoms with Crippen LogP contribution < -0.4 is 20.7 Å². The quantitative estimate of drug-likeness (QED) is 0.381. The number of aliphatic imine (C=N–C) groups is 1. The molecule has 7 heteroatoms. The molecule has 0 aromatic heterocycles. The van der Waals surface area contributed by atoms with Gasteiger partial charge in [-0.05, 0) is 59.4 Å². The molecule has 1 heterocycles. The molecule has 28 heavy (non-hydrogen) atoms. The van der Waals surface area contributed by atoms with Gasteiger partial charge in [-0.1, -0.05) is 5.57 Å². The average Bonchev–Trinajstić information content (AvgIpc) is 3.22. The number of carbonyl (C=O) groups is 1. The van der Waals surface area contributed by atoms with Crippen molar-refractivity contribution in [2.75, 3.05) is 11.9 Å². The van der Waals surface area contributed by atoms with Crippen LogP contribution in [0.25, 0.3) is 0 Å². The zero-order valence-electron chi connectivity index (χ0n) is 16.8. The second kappa shape index (κ2) is 7.66. The molecule has 1 aliphatic heterocycles. The number of halogens is 1. The van der Waals surface area contributed by atoms with Crippen LogP contribution in [0.3, 0.4) is 0 Å². The number of fused-ring (bicyclic) bond motifs is 1. The summed E-state index contributed by atoms with van der Waals surface area (Å²) in [6.45, 7) is 11.7. The van der Waals surface area contributed by atoms with Gasteiger partial charge in [0.1, 0.15) is 17.4 Å². The first kappa shape index (κ1) is 19.9. The van der Waals surface area contributed by atoms with Crippen molar-refractivity contribution in [3.05, 3.63) is 46.6 Å². The van der Waals surface area contributed by atoms with Crippen molar-refractivity contribution in [3.8, 4) is 5.75 Å². The molecular formula is C21H27FN4O2. The minimum absolute atomic E-state index is 0.0314. The molecule has 0 radical (unpaired) electrons. The molecule has 0 saturated heterocycles. The minimum atomic E-state index is -0.455. The van der Waals surface area contributed by atoms with Crippen molar-refractivity contribution in [3.63, 3.8) is 0 Å². The normalized spacial score (nSPS) is 19.4. The molecule has 6 nitrogen and oxygen atoms in total. The number of rotatable bonds is 7. The van der Waals surface area contributed by atoms with Gasteiger partial charge >= 0.3 is 0 Å². The Hall–Kier alpha value is -2.83. The van der Waals surface area contributed by atoms with Crippen LogP contribution in [0.4, 0.5) is 10.1 Å². The van der Waals surface area contributed by atoms with Gasteiger partial charge < -0.3 is 20.7 Å². The van der Waals surface area contributed by atoms with E-state index in [2.05, 4.69) is 34.6 Å². The number of hydrogen-bond acceptors (Lipinski definition) is 5. The van der Waals surface area contributed by atoms with E-state index in [4.69, 9.17) is 4.74 Å². The van der Waals surface area contributed by atoms with Crippen LogP contribution in [0.15, 0.2) is 45.7 Å². The van der Waals surface area contributed by atoms with E-state index >= 15 is 0 Å². The summed E-state index contributed by atoms with van der Waals surface area (Å²) in [5.74, 6) is 0.644. The summed E-state index contributed by atoms with van der Waals surface area (Å²) in [5, 5.41) is 9.33. The second-order valence-electron chi connectivity index (χ2n) is 7.79. The van der Waals surface area contributed by atoms with Gasteiger partial charge in [0.2, 0.25) is 0 Å². The molecule has 1 aromatic rings. The Labute approximate surface area is 165 Å². The largest absolute Gasteiger partial charge is 0.467 e. The summed E-state index contributed by atoms with van der Waals surface area (Å²) in [6, 6.07) is 4.28. The van der Waals surface area contributed by atoms with Crippen LogP contribution in [0, 0.1) is 5.82 Å². The van der Waals surface area contributed by atoms with Crippen LogP contribution in [-0.2, 0) is 4.79 Å². The highest BCUT2D eigenvalue weighted by atomic mass is 19.1. The molecule has 1 amide bonds. The van der Waals surface area contributed by atoms with Gasteiger partial charge in [-0.15, -0.1) is 0 Å². The van der Waals surface area contributed by atoms with E-state index in [1.165, 1.54) is 12.1 Å². The van der Waals surface area contributed by atoms with Crippen molar-refractivity contribution in [1.82, 2.24) is 10.6 Å². The van der Waals surface area contributed by atoms with Gasteiger partial charge in [-0.25, -0.2) is 9.38 Å². The number of anilines is 1. The van der Waals surface area contributed by atoms with Crippen LogP contribution >= 0.6 is 0 Å². The summed E-state index contributed by atoms with van der Waals surface area (Å²) in [7, 11) is 0. The fourth-order valence-electron chi connectivity index (χ4n) is 3.18. The lowest BCUT2D eigenvalue weighted by atomic mass is 10.0. The fourth-order valence-corrected chi connectivity index (χ4v) is 3.18. The van der Waals surface area contributed by atoms with Gasteiger partial charge in [-0.3, -0.25) is 4.79 Å². The maximum absolute atomic E-state index is 13.3. The molecule has 0 spiro atoms. The van der Waals surface area contributed by atoms with Crippen molar-refractivity contribution >= 4 is 18.3 Å². The van der Waals surface area contributed by atoms with E-state index < -0.39 is 6.23 Å². The summed E-state index contributed by atoms with van der Waals surface area (Å²) >= 11 is 0. The summed E-state index contributed by atoms with van der Waals surface area (Å²) in [5.41, 5.74) is 2.82. The summed E-state index contributed by atoms with van der Waals surface area (Å²) in [4.78, 5) is 17.0. The summed E-state index contributed by atoms with van der Waals surface area (Å²) < 4.78 is 19.0. The second-order valence-corrected chi connectivity index (χ2v) is 7.79. The Morgan fingerprint density at radius 2 is 2.11 bits per heavy atom. The molecule has 2 aliphatic rings. The standard InChI is InChI=1S/C21H27FN4O2/c1-12(2)18(13(3)19(23-5)26-21(4)8-9-21)20(27)24-11-17-25-15-10-14(22)6-7-16(15)28-17/h6-7,10,17,25-26H,5,8-9,11H2,1-4H3,(H,24,27)/b19-13-. The Morgan fingerprint density at radius 3 is 2.71 bits per heavy atom. The highest BCUT2D eigenvalue weighted by Crippen LogP contribution is 2.36. The molecule has 1 fully saturated rings. The van der Waals surface area contributed by atoms with E-state index in [0.717, 1.165) is 24.0 Å². The van der Waals surface area contributed by atoms with Gasteiger partial charge in [0, 0.05) is 22.8 Å². The molecule has 1 aliphatic carbocycles. The molecule has 3 rings (SSSR count). The zero-order chi connectivity index (χ0) is 20.5. The van der Waals surface area contributed by atoms with E-state index in [-0.39, 0.29) is 23.8 Å². The first-order chi connectivity index (χ1) is 13.2. The first-order valence-electron chi connectivity index (χ1n) is 9.37. The molecular weight excluding hydrogens is 359 g/mol. The average molecular weight is 386 g/mol. The third-order valence-electron chi connectivity index (χ3n) is 5.01. The topological polar surface area (TPSA) is 74.8 Å². The van der Waals surface area contributed by atoms with E-state index in [1.54, 1.807) is 6.07 Å². The van der Waals surface area contributed by atoms with E-state index in [1.807, 2.05) is 20.8 Å². The lowest BCUT2D eigenvalue weighted by Crippen LogP contribution is -2.38. The predicted octanol–water partition coefficient (Wildman–Crippen LogP) is 3.48. The van der Waals surface area contributed by atoms with Crippen molar-refractivity contribution in [2.24, 2.45) is 4.99 Å². The SMILES string of the molecule is C=N/C(NC1(C)CC1)=C(\C)C(C(=O)NCC1Nc2cc(F)ccc2O1)=C(C)C. The number of allylic oxidation sites excluding steroid dienone is 1. The number of carbonyl (C=O) groups excluding carboxylic acids is 1. The monoisotopic (exact) mass is 386 g/mol. The molecule has 3 N–H and O–H groups in total. The highest BCUT2D eigenvalue weighted by Gasteiger charge is 2.38. The minimum Gasteiger partial charge on any atom is -0.467 e. The molecule has 1 unspecified atom stereocenters. The first-order valence-corrected chi connectivity index (χ1v) is 9.37. The highest BCUT2D eigenvalue weighted by molar-refractivity contribution is 5.98. The maximum atomic E-state index is 13.3. The fraction of sp³-hybridized carbons (Fsp3) is 0.429. The molecule has 1 saturated carbocycles. The van der Waals surface area contributed by atoms with Crippen LogP contribution in [0.5, 0.6) is 5.75 Å². The van der Waals surface area contributed by atoms with Crippen LogP contribution in [0.2, 0.25) is 0 Å². The molecule has 1 aromatic carbocycles. The Kier molecular flexibility index (Phi) is 5.45. The summed E-state index contributed by atoms with van der Waals surface area (Å²) in [6.07, 6.45) is 1.69. The van der Waals surface area contributed by atoms with E-state index in [0.29, 0.717) is 22.8 Å². The smallest absolute Gasteiger partial charge is 0.251 e. The van der Waals surface area contributed by atoms with Gasteiger partial charge in [0.25, 0.3) is 5.91 Å². The van der Waals surface area contributed by atoms with Crippen molar-refractivity contribution < 1.29 is 13.9 Å². The molecule has 150 valence electrons. The van der Waals surface area contributed by atoms with Crippen molar-refractivity contribution in [2.45, 2.75) is 52.3 Å². The number of ether oxygens (including phenoxy) is 1. The number of benzene rings is 1. The van der Waals surface area contributed by atoms with Gasteiger partial charge in [0.05, 0.1) is 12.2 Å². The third-order valence-corrected chi connectivity index (χ3v) is 5.01. The molecule has 0 bridgehead atoms. The van der Waals surface area contributed by atoms with E-state index in [9.17, 15) is 9.18 Å². The van der Waals surface area contributed by atoms with Gasteiger partial charge in [0.15, 0.2) is 6.23 Å². The van der Waals surface area contributed by atoms with Crippen molar-refractivity contribution in [1.29, 1.82) is 0 Å². The third kappa shape index (κ3) is 4.35. The number of nitrogens with one attached hydrogen (secondary N) is 3. The Morgan fingerprint density at radius 1 is 1.39 bits per heavy atom. The number of amides is 1. The number of hydrogen-bond donors (Lipinski definition) is 3. The van der Waals surface area contributed by atoms with Crippen LogP contribution in [-0.4, -0.2) is 30.9 Å². The Balaban J connectivity index is 1.67. The number of nitrogens with zero attached hydrogens (tertiary/aromatic N) is 1. The predicted molar refractivity (Wildman–Crippen MR) is 109 cm³/mol.